The summed E-state index contributed by atoms with van der Waals surface area (Å²) < 4.78 is 0. The van der Waals surface area contributed by atoms with Crippen molar-refractivity contribution in [3.05, 3.63) is 16.0 Å². The number of hydrogen-bond acceptors (Lipinski definition) is 4. The molecule has 2 amide bonds. The molecule has 1 heterocycles. The summed E-state index contributed by atoms with van der Waals surface area (Å²) in [6.07, 6.45) is 2.34. The highest BCUT2D eigenvalue weighted by molar-refractivity contribution is 7.16. The van der Waals surface area contributed by atoms with Crippen molar-refractivity contribution < 1.29 is 19.8 Å². The highest BCUT2D eigenvalue weighted by Gasteiger charge is 2.19. The lowest BCUT2D eigenvalue weighted by Crippen LogP contribution is -2.29. The van der Waals surface area contributed by atoms with E-state index < -0.39 is 12.0 Å². The van der Waals surface area contributed by atoms with Crippen LogP contribution in [0.3, 0.4) is 0 Å². The zero-order chi connectivity index (χ0) is 15.1. The number of carboxylic acids is 1. The number of carbonyl (C=O) groups excluding carboxylic acids is 1. The van der Waals surface area contributed by atoms with Crippen LogP contribution in [-0.4, -0.2) is 35.4 Å². The number of amides is 2. The predicted octanol–water partition coefficient (Wildman–Crippen LogP) is 2.35. The smallest absolute Gasteiger partial charge is 0.338 e. The molecule has 0 fully saturated rings. The second-order valence-corrected chi connectivity index (χ2v) is 5.68. The molecule has 4 N–H and O–H groups in total. The van der Waals surface area contributed by atoms with Crippen molar-refractivity contribution in [2.45, 2.75) is 33.1 Å². The maximum Gasteiger partial charge on any atom is 0.338 e. The van der Waals surface area contributed by atoms with Gasteiger partial charge in [0.15, 0.2) is 0 Å². The van der Waals surface area contributed by atoms with Gasteiger partial charge in [0.25, 0.3) is 0 Å². The molecule has 1 rings (SSSR count). The van der Waals surface area contributed by atoms with E-state index in [1.54, 1.807) is 6.92 Å². The Labute approximate surface area is 121 Å². The first-order valence-corrected chi connectivity index (χ1v) is 7.28. The molecular formula is C13H20N2O4S. The van der Waals surface area contributed by atoms with Crippen molar-refractivity contribution in [2.24, 2.45) is 0 Å². The first-order valence-electron chi connectivity index (χ1n) is 6.46. The van der Waals surface area contributed by atoms with Crippen molar-refractivity contribution in [1.82, 2.24) is 5.32 Å². The zero-order valence-electron chi connectivity index (χ0n) is 11.7. The summed E-state index contributed by atoms with van der Waals surface area (Å²) in [6.45, 7) is 4.21. The van der Waals surface area contributed by atoms with E-state index in [9.17, 15) is 9.59 Å². The van der Waals surface area contributed by atoms with Crippen LogP contribution in [0.4, 0.5) is 9.80 Å². The fourth-order valence-electron chi connectivity index (χ4n) is 1.74. The maximum atomic E-state index is 11.7. The van der Waals surface area contributed by atoms with Gasteiger partial charge >= 0.3 is 12.0 Å². The van der Waals surface area contributed by atoms with Crippen molar-refractivity contribution in [3.63, 3.8) is 0 Å². The van der Waals surface area contributed by atoms with Gasteiger partial charge in [0, 0.05) is 18.0 Å². The number of aliphatic hydroxyl groups excluding tert-OH is 1. The minimum atomic E-state index is -1.04. The number of thiophene rings is 1. The topological polar surface area (TPSA) is 98.7 Å². The second kappa shape index (κ2) is 7.86. The molecule has 6 nitrogen and oxygen atoms in total. The Morgan fingerprint density at radius 1 is 1.20 bits per heavy atom. The van der Waals surface area contributed by atoms with Crippen LogP contribution < -0.4 is 10.6 Å². The Morgan fingerprint density at radius 2 is 1.90 bits per heavy atom. The van der Waals surface area contributed by atoms with E-state index in [-0.39, 0.29) is 12.2 Å². The van der Waals surface area contributed by atoms with Gasteiger partial charge < -0.3 is 15.5 Å². The van der Waals surface area contributed by atoms with Gasteiger partial charge in [-0.15, -0.1) is 11.3 Å². The van der Waals surface area contributed by atoms with Crippen molar-refractivity contribution >= 4 is 28.3 Å². The molecule has 0 spiro atoms. The van der Waals surface area contributed by atoms with Gasteiger partial charge in [-0.3, -0.25) is 5.32 Å². The van der Waals surface area contributed by atoms with E-state index in [0.29, 0.717) is 17.1 Å². The summed E-state index contributed by atoms with van der Waals surface area (Å²) in [5, 5.41) is 23.4. The standard InChI is InChI=1S/C13H20N2O4S/c1-8-9(2)20-11(10(8)12(17)18)15-13(19)14-6-4-3-5-7-16/h16H,3-7H2,1-2H3,(H,17,18)(H2,14,15,19). The molecule has 7 heteroatoms. The minimum Gasteiger partial charge on any atom is -0.478 e. The third-order valence-electron chi connectivity index (χ3n) is 2.95. The number of hydrogen-bond donors (Lipinski definition) is 4. The second-order valence-electron chi connectivity index (χ2n) is 4.46. The molecule has 112 valence electrons. The Bertz CT molecular complexity index is 485. The number of aromatic carboxylic acids is 1. The average molecular weight is 300 g/mol. The van der Waals surface area contributed by atoms with Gasteiger partial charge in [0.2, 0.25) is 0 Å². The molecule has 0 aliphatic heterocycles. The summed E-state index contributed by atoms with van der Waals surface area (Å²) in [5.41, 5.74) is 0.837. The van der Waals surface area contributed by atoms with Crippen LogP contribution in [0.5, 0.6) is 0 Å². The fourth-order valence-corrected chi connectivity index (χ4v) is 2.78. The van der Waals surface area contributed by atoms with Gasteiger partial charge in [-0.25, -0.2) is 9.59 Å². The molecule has 20 heavy (non-hydrogen) atoms. The van der Waals surface area contributed by atoms with E-state index in [1.807, 2.05) is 6.92 Å². The first-order chi connectivity index (χ1) is 9.47. The van der Waals surface area contributed by atoms with Gasteiger partial charge in [-0.2, -0.15) is 0 Å². The number of unbranched alkanes of at least 4 members (excludes halogenated alkanes) is 2. The molecule has 0 aromatic carbocycles. The Kier molecular flexibility index (Phi) is 6.47. The number of aryl methyl sites for hydroxylation is 1. The maximum absolute atomic E-state index is 11.7. The van der Waals surface area contributed by atoms with E-state index in [4.69, 9.17) is 10.2 Å². The number of carbonyl (C=O) groups is 2. The summed E-state index contributed by atoms with van der Waals surface area (Å²) in [5.74, 6) is -1.04. The highest BCUT2D eigenvalue weighted by atomic mass is 32.1. The van der Waals surface area contributed by atoms with Gasteiger partial charge in [-0.05, 0) is 38.7 Å². The molecule has 0 saturated carbocycles. The lowest BCUT2D eigenvalue weighted by atomic mass is 10.1. The van der Waals surface area contributed by atoms with Crippen LogP contribution in [0.1, 0.15) is 40.1 Å². The molecular weight excluding hydrogens is 280 g/mol. The SMILES string of the molecule is Cc1sc(NC(=O)NCCCCCO)c(C(=O)O)c1C. The Balaban J connectivity index is 2.54. The van der Waals surface area contributed by atoms with Crippen LogP contribution in [0.25, 0.3) is 0 Å². The predicted molar refractivity (Wildman–Crippen MR) is 78.7 cm³/mol. The van der Waals surface area contributed by atoms with E-state index in [0.717, 1.165) is 24.1 Å². The molecule has 0 aliphatic rings. The Hall–Kier alpha value is -1.60. The van der Waals surface area contributed by atoms with E-state index in [2.05, 4.69) is 10.6 Å². The molecule has 0 saturated heterocycles. The van der Waals surface area contributed by atoms with Gasteiger partial charge in [0.1, 0.15) is 5.00 Å². The number of urea groups is 1. The zero-order valence-corrected chi connectivity index (χ0v) is 12.5. The average Bonchev–Trinajstić information content (AvgIpc) is 2.64. The third kappa shape index (κ3) is 4.50. The number of anilines is 1. The van der Waals surface area contributed by atoms with Gasteiger partial charge in [0.05, 0.1) is 5.56 Å². The third-order valence-corrected chi connectivity index (χ3v) is 4.07. The minimum absolute atomic E-state index is 0.155. The highest BCUT2D eigenvalue weighted by Crippen LogP contribution is 2.32. The normalized spacial score (nSPS) is 10.3. The summed E-state index contributed by atoms with van der Waals surface area (Å²) >= 11 is 1.26. The molecule has 0 bridgehead atoms. The quantitative estimate of drug-likeness (QED) is 0.581. The fraction of sp³-hybridized carbons (Fsp3) is 0.538. The van der Waals surface area contributed by atoms with Crippen molar-refractivity contribution in [2.75, 3.05) is 18.5 Å². The molecule has 0 aliphatic carbocycles. The summed E-state index contributed by atoms with van der Waals surface area (Å²) in [4.78, 5) is 23.7. The van der Waals surface area contributed by atoms with Crippen LogP contribution in [-0.2, 0) is 0 Å². The molecule has 0 radical (unpaired) electrons. The summed E-state index contributed by atoms with van der Waals surface area (Å²) in [6, 6.07) is -0.405. The first kappa shape index (κ1) is 16.5. The number of aliphatic hydroxyl groups is 1. The largest absolute Gasteiger partial charge is 0.478 e. The van der Waals surface area contributed by atoms with Crippen molar-refractivity contribution in [3.8, 4) is 0 Å². The van der Waals surface area contributed by atoms with Crippen LogP contribution >= 0.6 is 11.3 Å². The lowest BCUT2D eigenvalue weighted by molar-refractivity contribution is 0.0697. The molecule has 1 aromatic heterocycles. The lowest BCUT2D eigenvalue weighted by Gasteiger charge is -2.07. The summed E-state index contributed by atoms with van der Waals surface area (Å²) in [7, 11) is 0. The van der Waals surface area contributed by atoms with Crippen LogP contribution in [0.2, 0.25) is 0 Å². The van der Waals surface area contributed by atoms with Crippen molar-refractivity contribution in [1.29, 1.82) is 0 Å². The monoisotopic (exact) mass is 300 g/mol. The van der Waals surface area contributed by atoms with E-state index >= 15 is 0 Å². The molecule has 1 aromatic rings. The Morgan fingerprint density at radius 3 is 2.50 bits per heavy atom. The van der Waals surface area contributed by atoms with E-state index in [1.165, 1.54) is 11.3 Å². The number of carboxylic acid groups (broad SMARTS) is 1. The number of nitrogens with one attached hydrogen (secondary N) is 2. The van der Waals surface area contributed by atoms with Crippen LogP contribution in [0.15, 0.2) is 0 Å². The van der Waals surface area contributed by atoms with Gasteiger partial charge in [-0.1, -0.05) is 0 Å². The molecule has 0 unspecified atom stereocenters. The number of rotatable bonds is 7. The van der Waals surface area contributed by atoms with Crippen LogP contribution in [0, 0.1) is 13.8 Å². The molecule has 0 atom stereocenters.